The lowest BCUT2D eigenvalue weighted by Crippen LogP contribution is -2.45. The summed E-state index contributed by atoms with van der Waals surface area (Å²) in [5.41, 5.74) is -0.910. The van der Waals surface area contributed by atoms with Gasteiger partial charge in [-0.05, 0) is 50.7 Å². The number of carbonyl (C=O) groups excluding carboxylic acids is 1. The van der Waals surface area contributed by atoms with Crippen LogP contribution in [-0.2, 0) is 21.0 Å². The Morgan fingerprint density at radius 2 is 1.83 bits per heavy atom. The van der Waals surface area contributed by atoms with E-state index in [4.69, 9.17) is 4.74 Å². The minimum Gasteiger partial charge on any atom is -0.491 e. The fourth-order valence-electron chi connectivity index (χ4n) is 3.25. The molecule has 0 spiro atoms. The molecule has 10 heteroatoms. The summed E-state index contributed by atoms with van der Waals surface area (Å²) >= 11 is 0. The van der Waals surface area contributed by atoms with Gasteiger partial charge in [0, 0.05) is 6.04 Å². The highest BCUT2D eigenvalue weighted by molar-refractivity contribution is 7.90. The van der Waals surface area contributed by atoms with E-state index >= 15 is 0 Å². The average molecular weight is 436 g/mol. The van der Waals surface area contributed by atoms with E-state index in [9.17, 15) is 26.4 Å². The van der Waals surface area contributed by atoms with Gasteiger partial charge >= 0.3 is 6.18 Å². The minimum atomic E-state index is -4.56. The molecule has 1 fully saturated rings. The SMILES string of the molecule is CC1CCC(NS(=O)(=O)CC(=O)NC(C)COc2ccccc2C(F)(F)F)CC1. The molecule has 2 N–H and O–H groups in total. The normalized spacial score (nSPS) is 21.4. The zero-order chi connectivity index (χ0) is 21.7. The largest absolute Gasteiger partial charge is 0.491 e. The molecule has 1 aromatic carbocycles. The van der Waals surface area contributed by atoms with Crippen LogP contribution in [0.5, 0.6) is 5.75 Å². The van der Waals surface area contributed by atoms with Crippen LogP contribution in [0.4, 0.5) is 13.2 Å². The van der Waals surface area contributed by atoms with E-state index in [1.807, 2.05) is 0 Å². The Labute approximate surface area is 169 Å². The summed E-state index contributed by atoms with van der Waals surface area (Å²) in [7, 11) is -3.79. The van der Waals surface area contributed by atoms with Crippen molar-refractivity contribution in [3.05, 3.63) is 29.8 Å². The van der Waals surface area contributed by atoms with Gasteiger partial charge in [-0.15, -0.1) is 0 Å². The fraction of sp³-hybridized carbons (Fsp3) is 0.632. The average Bonchev–Trinajstić information content (AvgIpc) is 2.60. The van der Waals surface area contributed by atoms with Crippen molar-refractivity contribution in [1.82, 2.24) is 10.0 Å². The summed E-state index contributed by atoms with van der Waals surface area (Å²) in [5, 5.41) is 2.44. The van der Waals surface area contributed by atoms with Gasteiger partial charge < -0.3 is 10.1 Å². The van der Waals surface area contributed by atoms with Crippen molar-refractivity contribution in [2.24, 2.45) is 5.92 Å². The van der Waals surface area contributed by atoms with Gasteiger partial charge in [0.05, 0.1) is 11.6 Å². The Kier molecular flexibility index (Phi) is 7.93. The number of alkyl halides is 3. The standard InChI is InChI=1S/C19H27F3N2O4S/c1-13-7-9-15(10-8-13)24-29(26,27)12-18(25)23-14(2)11-28-17-6-4-3-5-16(17)19(20,21)22/h3-6,13-15,24H,7-12H2,1-2H3,(H,23,25). The summed E-state index contributed by atoms with van der Waals surface area (Å²) in [6.07, 6.45) is -1.20. The monoisotopic (exact) mass is 436 g/mol. The first-order valence-electron chi connectivity index (χ1n) is 9.54. The molecule has 0 bridgehead atoms. The van der Waals surface area contributed by atoms with Crippen LogP contribution in [0, 0.1) is 5.92 Å². The van der Waals surface area contributed by atoms with Gasteiger partial charge in [-0.3, -0.25) is 4.79 Å². The van der Waals surface area contributed by atoms with Crippen LogP contribution in [0.15, 0.2) is 24.3 Å². The van der Waals surface area contributed by atoms with Gasteiger partial charge in [-0.2, -0.15) is 13.2 Å². The smallest absolute Gasteiger partial charge is 0.419 e. The lowest BCUT2D eigenvalue weighted by atomic mass is 9.88. The zero-order valence-corrected chi connectivity index (χ0v) is 17.3. The molecule has 0 radical (unpaired) electrons. The summed E-state index contributed by atoms with van der Waals surface area (Å²) in [6, 6.07) is 3.93. The number of rotatable bonds is 8. The van der Waals surface area contributed by atoms with E-state index in [-0.39, 0.29) is 18.4 Å². The van der Waals surface area contributed by atoms with Crippen LogP contribution >= 0.6 is 0 Å². The van der Waals surface area contributed by atoms with Crippen LogP contribution in [0.3, 0.4) is 0 Å². The quantitative estimate of drug-likeness (QED) is 0.656. The first-order chi connectivity index (χ1) is 13.5. The summed E-state index contributed by atoms with van der Waals surface area (Å²) in [4.78, 5) is 12.0. The molecule has 0 aromatic heterocycles. The molecule has 6 nitrogen and oxygen atoms in total. The Balaban J connectivity index is 1.82. The number of benzene rings is 1. The predicted octanol–water partition coefficient (Wildman–Crippen LogP) is 3.09. The van der Waals surface area contributed by atoms with Crippen LogP contribution in [0.1, 0.15) is 45.1 Å². The van der Waals surface area contributed by atoms with Gasteiger partial charge in [0.15, 0.2) is 0 Å². The van der Waals surface area contributed by atoms with E-state index in [2.05, 4.69) is 17.0 Å². The van der Waals surface area contributed by atoms with Crippen molar-refractivity contribution in [3.8, 4) is 5.75 Å². The minimum absolute atomic E-state index is 0.163. The van der Waals surface area contributed by atoms with Crippen molar-refractivity contribution in [2.45, 2.75) is 57.8 Å². The van der Waals surface area contributed by atoms with Crippen molar-refractivity contribution in [3.63, 3.8) is 0 Å². The summed E-state index contributed by atoms with van der Waals surface area (Å²) < 4.78 is 71.0. The Hall–Kier alpha value is -1.81. The Bertz CT molecular complexity index is 791. The molecular formula is C19H27F3N2O4S. The molecule has 29 heavy (non-hydrogen) atoms. The molecule has 164 valence electrons. The maximum Gasteiger partial charge on any atom is 0.419 e. The highest BCUT2D eigenvalue weighted by atomic mass is 32.2. The van der Waals surface area contributed by atoms with Crippen molar-refractivity contribution in [2.75, 3.05) is 12.4 Å². The number of amides is 1. The predicted molar refractivity (Wildman–Crippen MR) is 103 cm³/mol. The zero-order valence-electron chi connectivity index (χ0n) is 16.5. The van der Waals surface area contributed by atoms with Gasteiger partial charge in [0.2, 0.25) is 15.9 Å². The van der Waals surface area contributed by atoms with E-state index in [1.54, 1.807) is 0 Å². The van der Waals surface area contributed by atoms with Gasteiger partial charge in [-0.25, -0.2) is 13.1 Å². The third-order valence-electron chi connectivity index (χ3n) is 4.77. The third kappa shape index (κ3) is 7.85. The maximum absolute atomic E-state index is 13.0. The second kappa shape index (κ2) is 9.80. The maximum atomic E-state index is 13.0. The number of para-hydroxylation sites is 1. The van der Waals surface area contributed by atoms with Crippen LogP contribution in [-0.4, -0.2) is 38.8 Å². The summed E-state index contributed by atoms with van der Waals surface area (Å²) in [6.45, 7) is 3.41. The first-order valence-corrected chi connectivity index (χ1v) is 11.2. The highest BCUT2D eigenvalue weighted by Crippen LogP contribution is 2.35. The molecule has 1 aliphatic rings. The Morgan fingerprint density at radius 1 is 1.21 bits per heavy atom. The molecule has 0 aliphatic heterocycles. The second-order valence-electron chi connectivity index (χ2n) is 7.61. The van der Waals surface area contributed by atoms with Crippen molar-refractivity contribution < 1.29 is 31.1 Å². The number of sulfonamides is 1. The molecular weight excluding hydrogens is 409 g/mol. The highest BCUT2D eigenvalue weighted by Gasteiger charge is 2.34. The number of halogens is 3. The van der Waals surface area contributed by atoms with Crippen LogP contribution < -0.4 is 14.8 Å². The van der Waals surface area contributed by atoms with Gasteiger partial charge in [-0.1, -0.05) is 19.1 Å². The van der Waals surface area contributed by atoms with Crippen molar-refractivity contribution >= 4 is 15.9 Å². The molecule has 1 unspecified atom stereocenters. The second-order valence-corrected chi connectivity index (χ2v) is 9.36. The van der Waals surface area contributed by atoms with E-state index in [0.717, 1.165) is 31.7 Å². The van der Waals surface area contributed by atoms with Crippen molar-refractivity contribution in [1.29, 1.82) is 0 Å². The third-order valence-corrected chi connectivity index (χ3v) is 6.11. The lowest BCUT2D eigenvalue weighted by molar-refractivity contribution is -0.139. The molecule has 1 aromatic rings. The molecule has 1 amide bonds. The van der Waals surface area contributed by atoms with Crippen LogP contribution in [0.25, 0.3) is 0 Å². The van der Waals surface area contributed by atoms with Gasteiger partial charge in [0.1, 0.15) is 18.1 Å². The summed E-state index contributed by atoms with van der Waals surface area (Å²) in [5.74, 6) is -1.24. The lowest BCUT2D eigenvalue weighted by Gasteiger charge is -2.26. The molecule has 2 rings (SSSR count). The van der Waals surface area contributed by atoms with E-state index in [0.29, 0.717) is 5.92 Å². The van der Waals surface area contributed by atoms with E-state index in [1.165, 1.54) is 25.1 Å². The number of ether oxygens (including phenoxy) is 1. The number of nitrogens with one attached hydrogen (secondary N) is 2. The molecule has 0 saturated heterocycles. The first kappa shape index (κ1) is 23.5. The molecule has 1 saturated carbocycles. The van der Waals surface area contributed by atoms with E-state index < -0.39 is 39.5 Å². The molecule has 1 aliphatic carbocycles. The topological polar surface area (TPSA) is 84.5 Å². The molecule has 0 heterocycles. The van der Waals surface area contributed by atoms with Crippen LogP contribution in [0.2, 0.25) is 0 Å². The number of hydrogen-bond donors (Lipinski definition) is 2. The number of carbonyl (C=O) groups is 1. The Morgan fingerprint density at radius 3 is 2.45 bits per heavy atom. The number of hydrogen-bond acceptors (Lipinski definition) is 4. The van der Waals surface area contributed by atoms with Gasteiger partial charge in [0.25, 0.3) is 0 Å². The molecule has 1 atom stereocenters. The fourth-order valence-corrected chi connectivity index (χ4v) is 4.50.